The molecule has 0 radical (unpaired) electrons. The van der Waals surface area contributed by atoms with Crippen molar-refractivity contribution in [3.8, 4) is 0 Å². The monoisotopic (exact) mass is 462 g/mol. The van der Waals surface area contributed by atoms with Crippen molar-refractivity contribution in [2.24, 2.45) is 0 Å². The average Bonchev–Trinajstić information content (AvgIpc) is 2.62. The summed E-state index contributed by atoms with van der Waals surface area (Å²) in [6, 6.07) is 0. The van der Waals surface area contributed by atoms with E-state index in [1.165, 1.54) is 41.5 Å². The quantitative estimate of drug-likeness (QED) is 0.382. The Labute approximate surface area is 188 Å². The summed E-state index contributed by atoms with van der Waals surface area (Å²) in [5.41, 5.74) is -2.29. The van der Waals surface area contributed by atoms with Gasteiger partial charge in [0.1, 0.15) is 6.61 Å². The van der Waals surface area contributed by atoms with Crippen molar-refractivity contribution in [2.45, 2.75) is 92.6 Å². The van der Waals surface area contributed by atoms with E-state index in [9.17, 15) is 28.8 Å². The normalized spacial score (nSPS) is 25.2. The molecule has 3 aliphatic rings. The highest BCUT2D eigenvalue weighted by Gasteiger charge is 2.48. The van der Waals surface area contributed by atoms with Crippen LogP contribution in [0.5, 0.6) is 0 Å². The fourth-order valence-corrected chi connectivity index (χ4v) is 1.98. The minimum atomic E-state index is -1.15. The van der Waals surface area contributed by atoms with E-state index in [2.05, 4.69) is 14.2 Å². The molecule has 2 atom stereocenters. The SMILES string of the molecule is C.C.CC1(C)OC(=O)C(C)(C)OC1=O.CC1OC(=O)C(C)OC1=O.O=C1CCC(=O)OC1. The molecule has 0 N–H and O–H groups in total. The van der Waals surface area contributed by atoms with Gasteiger partial charge in [-0.25, -0.2) is 19.2 Å². The summed E-state index contributed by atoms with van der Waals surface area (Å²) in [4.78, 5) is 64.2. The summed E-state index contributed by atoms with van der Waals surface area (Å²) in [5, 5.41) is 0. The highest BCUT2D eigenvalue weighted by Crippen LogP contribution is 2.26. The molecule has 11 heteroatoms. The number of ether oxygens (including phenoxy) is 5. The van der Waals surface area contributed by atoms with Crippen LogP contribution in [0.15, 0.2) is 0 Å². The standard InChI is InChI=1S/C8H12O4.C6H8O4.C5H6O3.2CH4/c1-7(2)5(9)12-8(3,4)6(10)11-7;1-3-5(7)10-4(2)6(8)9-3;6-4-1-2-5(7)8-3-4;;/h1-4H3;3-4H,1-2H3;1-3H2;2*1H4. The Hall–Kier alpha value is -2.98. The van der Waals surface area contributed by atoms with Crippen molar-refractivity contribution >= 4 is 35.6 Å². The molecule has 184 valence electrons. The van der Waals surface area contributed by atoms with Crippen molar-refractivity contribution in [3.63, 3.8) is 0 Å². The van der Waals surface area contributed by atoms with E-state index in [1.54, 1.807) is 0 Å². The third-order valence-electron chi connectivity index (χ3n) is 3.93. The van der Waals surface area contributed by atoms with E-state index in [-0.39, 0.29) is 39.6 Å². The lowest BCUT2D eigenvalue weighted by atomic mass is 10.0. The van der Waals surface area contributed by atoms with Crippen molar-refractivity contribution in [2.75, 3.05) is 6.61 Å². The maximum absolute atomic E-state index is 11.2. The minimum Gasteiger partial charge on any atom is -0.458 e. The number of hydrogen-bond donors (Lipinski definition) is 0. The van der Waals surface area contributed by atoms with E-state index in [0.29, 0.717) is 6.42 Å². The lowest BCUT2D eigenvalue weighted by Gasteiger charge is -2.36. The fraction of sp³-hybridized carbons (Fsp3) is 0.714. The second-order valence-electron chi connectivity index (χ2n) is 7.66. The van der Waals surface area contributed by atoms with Crippen LogP contribution in [-0.4, -0.2) is 65.6 Å². The summed E-state index contributed by atoms with van der Waals surface area (Å²) in [5.74, 6) is -2.22. The second kappa shape index (κ2) is 12.2. The smallest absolute Gasteiger partial charge is 0.351 e. The summed E-state index contributed by atoms with van der Waals surface area (Å²) < 4.78 is 23.4. The summed E-state index contributed by atoms with van der Waals surface area (Å²) in [6.07, 6.45) is -0.870. The van der Waals surface area contributed by atoms with Crippen LogP contribution in [0.2, 0.25) is 0 Å². The van der Waals surface area contributed by atoms with Crippen LogP contribution in [0.3, 0.4) is 0 Å². The third-order valence-corrected chi connectivity index (χ3v) is 3.93. The van der Waals surface area contributed by atoms with Crippen LogP contribution in [0.25, 0.3) is 0 Å². The van der Waals surface area contributed by atoms with Crippen molar-refractivity contribution < 1.29 is 52.5 Å². The van der Waals surface area contributed by atoms with Crippen molar-refractivity contribution in [3.05, 3.63) is 0 Å². The molecule has 2 unspecified atom stereocenters. The summed E-state index contributed by atoms with van der Waals surface area (Å²) >= 11 is 0. The van der Waals surface area contributed by atoms with Crippen LogP contribution in [0, 0.1) is 0 Å². The first-order valence-electron chi connectivity index (χ1n) is 9.21. The van der Waals surface area contributed by atoms with Gasteiger partial charge in [0.05, 0.1) is 6.42 Å². The van der Waals surface area contributed by atoms with Crippen LogP contribution in [0.4, 0.5) is 0 Å². The molecule has 32 heavy (non-hydrogen) atoms. The number of ketones is 1. The molecule has 0 spiro atoms. The van der Waals surface area contributed by atoms with Gasteiger partial charge in [0.2, 0.25) is 11.2 Å². The Morgan fingerprint density at radius 1 is 0.688 bits per heavy atom. The zero-order chi connectivity index (χ0) is 23.3. The predicted octanol–water partition coefficient (Wildman–Crippen LogP) is 1.67. The molecule has 0 aromatic heterocycles. The van der Waals surface area contributed by atoms with Gasteiger partial charge in [-0.3, -0.25) is 9.59 Å². The molecule has 0 aromatic carbocycles. The first kappa shape index (κ1) is 31.2. The molecular formula is C21H34O11. The highest BCUT2D eigenvalue weighted by molar-refractivity contribution is 5.92. The summed E-state index contributed by atoms with van der Waals surface area (Å²) in [7, 11) is 0. The molecule has 3 aliphatic heterocycles. The third kappa shape index (κ3) is 9.03. The van der Waals surface area contributed by atoms with E-state index >= 15 is 0 Å². The van der Waals surface area contributed by atoms with Crippen molar-refractivity contribution in [1.29, 1.82) is 0 Å². The topological polar surface area (TPSA) is 149 Å². The van der Waals surface area contributed by atoms with Crippen LogP contribution < -0.4 is 0 Å². The van der Waals surface area contributed by atoms with E-state index in [4.69, 9.17) is 9.47 Å². The van der Waals surface area contributed by atoms with Gasteiger partial charge in [0.15, 0.2) is 18.0 Å². The van der Waals surface area contributed by atoms with Crippen LogP contribution in [-0.2, 0) is 52.5 Å². The van der Waals surface area contributed by atoms with E-state index in [1.807, 2.05) is 0 Å². The Kier molecular flexibility index (Phi) is 11.9. The van der Waals surface area contributed by atoms with Gasteiger partial charge in [-0.05, 0) is 41.5 Å². The average molecular weight is 462 g/mol. The lowest BCUT2D eigenvalue weighted by Crippen LogP contribution is -2.54. The van der Waals surface area contributed by atoms with Gasteiger partial charge in [0, 0.05) is 6.42 Å². The van der Waals surface area contributed by atoms with Crippen molar-refractivity contribution in [1.82, 2.24) is 0 Å². The zero-order valence-electron chi connectivity index (χ0n) is 17.8. The molecule has 0 amide bonds. The van der Waals surface area contributed by atoms with E-state index in [0.717, 1.165) is 0 Å². The molecule has 3 fully saturated rings. The van der Waals surface area contributed by atoms with Gasteiger partial charge in [-0.1, -0.05) is 14.9 Å². The minimum absolute atomic E-state index is 0. The van der Waals surface area contributed by atoms with Gasteiger partial charge in [-0.15, -0.1) is 0 Å². The van der Waals surface area contributed by atoms with Gasteiger partial charge < -0.3 is 23.7 Å². The number of Topliss-reactive ketones (excluding diaryl/α,β-unsaturated/α-hetero) is 1. The Morgan fingerprint density at radius 2 is 1.06 bits per heavy atom. The zero-order valence-corrected chi connectivity index (χ0v) is 17.8. The second-order valence-corrected chi connectivity index (χ2v) is 7.66. The number of hydrogen-bond acceptors (Lipinski definition) is 11. The predicted molar refractivity (Wildman–Crippen MR) is 110 cm³/mol. The van der Waals surface area contributed by atoms with E-state index < -0.39 is 47.3 Å². The number of cyclic esters (lactones) is 5. The highest BCUT2D eigenvalue weighted by atomic mass is 16.7. The first-order valence-corrected chi connectivity index (χ1v) is 9.21. The number of rotatable bonds is 0. The van der Waals surface area contributed by atoms with Gasteiger partial charge in [0.25, 0.3) is 0 Å². The molecule has 0 aliphatic carbocycles. The summed E-state index contributed by atoms with van der Waals surface area (Å²) in [6.45, 7) is 8.95. The van der Waals surface area contributed by atoms with Gasteiger partial charge >= 0.3 is 29.8 Å². The maximum Gasteiger partial charge on any atom is 0.351 e. The molecular weight excluding hydrogens is 428 g/mol. The van der Waals surface area contributed by atoms with Crippen LogP contribution in [0.1, 0.15) is 69.2 Å². The maximum atomic E-state index is 11.2. The Balaban J connectivity index is 0. The molecule has 0 bridgehead atoms. The van der Waals surface area contributed by atoms with Gasteiger partial charge in [-0.2, -0.15) is 0 Å². The largest absolute Gasteiger partial charge is 0.458 e. The Morgan fingerprint density at radius 3 is 1.34 bits per heavy atom. The molecule has 0 saturated carbocycles. The number of carbonyl (C=O) groups is 6. The number of esters is 5. The number of carbonyl (C=O) groups excluding carboxylic acids is 6. The molecule has 3 rings (SSSR count). The molecule has 0 aromatic rings. The molecule has 3 saturated heterocycles. The molecule has 3 heterocycles. The van der Waals surface area contributed by atoms with Crippen LogP contribution >= 0.6 is 0 Å². The Bertz CT molecular complexity index is 662. The first-order chi connectivity index (χ1) is 13.7. The lowest BCUT2D eigenvalue weighted by molar-refractivity contribution is -0.218. The fourth-order valence-electron chi connectivity index (χ4n) is 1.98. The molecule has 11 nitrogen and oxygen atoms in total.